The van der Waals surface area contributed by atoms with Gasteiger partial charge in [-0.1, -0.05) is 27.7 Å². The third-order valence-electron chi connectivity index (χ3n) is 2.12. The number of rotatable bonds is 3. The molecule has 0 aromatic carbocycles. The Labute approximate surface area is 74.4 Å². The Morgan fingerprint density at radius 3 is 2.25 bits per heavy atom. The Balaban J connectivity index is 2.97. The number of hydrogen-bond donors (Lipinski definition) is 1. The normalized spacial score (nSPS) is 11.1. The van der Waals surface area contributed by atoms with E-state index in [0.29, 0.717) is 5.92 Å². The van der Waals surface area contributed by atoms with Crippen LogP contribution < -0.4 is 0 Å². The van der Waals surface area contributed by atoms with Crippen LogP contribution in [0, 0.1) is 0 Å². The monoisotopic (exact) mass is 166 g/mol. The molecule has 0 aliphatic rings. The molecule has 1 aromatic heterocycles. The Morgan fingerprint density at radius 1 is 1.25 bits per heavy atom. The first-order valence-corrected chi connectivity index (χ1v) is 4.76. The SMILES string of the molecule is CCc1nc(C(C)C)[nH]c1CC. The highest BCUT2D eigenvalue weighted by Gasteiger charge is 2.08. The molecule has 1 N–H and O–H groups in total. The summed E-state index contributed by atoms with van der Waals surface area (Å²) in [4.78, 5) is 7.91. The van der Waals surface area contributed by atoms with Gasteiger partial charge in [-0.2, -0.15) is 0 Å². The molecule has 0 bridgehead atoms. The molecule has 1 aromatic rings. The van der Waals surface area contributed by atoms with E-state index in [1.807, 2.05) is 0 Å². The van der Waals surface area contributed by atoms with Crippen molar-refractivity contribution in [2.24, 2.45) is 0 Å². The van der Waals surface area contributed by atoms with Gasteiger partial charge < -0.3 is 4.98 Å². The van der Waals surface area contributed by atoms with E-state index < -0.39 is 0 Å². The molecule has 68 valence electrons. The van der Waals surface area contributed by atoms with Gasteiger partial charge in [-0.25, -0.2) is 4.98 Å². The lowest BCUT2D eigenvalue weighted by Gasteiger charge is -1.96. The molecule has 0 atom stereocenters. The molecule has 2 nitrogen and oxygen atoms in total. The molecule has 0 fully saturated rings. The third kappa shape index (κ3) is 1.68. The van der Waals surface area contributed by atoms with Gasteiger partial charge in [0.25, 0.3) is 0 Å². The number of H-pyrrole nitrogens is 1. The number of hydrogen-bond acceptors (Lipinski definition) is 1. The van der Waals surface area contributed by atoms with Gasteiger partial charge in [-0.15, -0.1) is 0 Å². The van der Waals surface area contributed by atoms with E-state index in [0.717, 1.165) is 18.7 Å². The van der Waals surface area contributed by atoms with Gasteiger partial charge in [0.15, 0.2) is 0 Å². The summed E-state index contributed by atoms with van der Waals surface area (Å²) < 4.78 is 0. The van der Waals surface area contributed by atoms with Crippen molar-refractivity contribution in [1.29, 1.82) is 0 Å². The van der Waals surface area contributed by atoms with Crippen LogP contribution in [0.2, 0.25) is 0 Å². The summed E-state index contributed by atoms with van der Waals surface area (Å²) in [6.45, 7) is 8.64. The first-order valence-electron chi connectivity index (χ1n) is 4.76. The minimum Gasteiger partial charge on any atom is -0.345 e. The molecule has 0 amide bonds. The van der Waals surface area contributed by atoms with E-state index in [2.05, 4.69) is 37.7 Å². The van der Waals surface area contributed by atoms with Gasteiger partial charge in [0.1, 0.15) is 5.82 Å². The average Bonchev–Trinajstić information content (AvgIpc) is 2.46. The maximum Gasteiger partial charge on any atom is 0.109 e. The fourth-order valence-corrected chi connectivity index (χ4v) is 1.33. The third-order valence-corrected chi connectivity index (χ3v) is 2.12. The maximum atomic E-state index is 4.54. The van der Waals surface area contributed by atoms with Crippen LogP contribution in [0.25, 0.3) is 0 Å². The van der Waals surface area contributed by atoms with Crippen molar-refractivity contribution in [2.45, 2.75) is 46.5 Å². The highest BCUT2D eigenvalue weighted by atomic mass is 14.9. The van der Waals surface area contributed by atoms with Crippen LogP contribution >= 0.6 is 0 Å². The molecule has 2 heteroatoms. The van der Waals surface area contributed by atoms with Crippen molar-refractivity contribution in [3.63, 3.8) is 0 Å². The van der Waals surface area contributed by atoms with E-state index >= 15 is 0 Å². The van der Waals surface area contributed by atoms with Crippen molar-refractivity contribution < 1.29 is 0 Å². The minimum absolute atomic E-state index is 0.510. The molecular weight excluding hydrogens is 148 g/mol. The van der Waals surface area contributed by atoms with Crippen LogP contribution in [-0.4, -0.2) is 9.97 Å². The summed E-state index contributed by atoms with van der Waals surface area (Å²) in [5, 5.41) is 0. The molecule has 0 saturated carbocycles. The first-order chi connectivity index (χ1) is 5.69. The number of aromatic amines is 1. The number of nitrogens with one attached hydrogen (secondary N) is 1. The smallest absolute Gasteiger partial charge is 0.109 e. The Hall–Kier alpha value is -0.790. The number of aromatic nitrogens is 2. The highest BCUT2D eigenvalue weighted by molar-refractivity contribution is 5.16. The van der Waals surface area contributed by atoms with Gasteiger partial charge in [-0.05, 0) is 12.8 Å². The van der Waals surface area contributed by atoms with Crippen molar-refractivity contribution in [3.8, 4) is 0 Å². The Kier molecular flexibility index (Phi) is 2.90. The van der Waals surface area contributed by atoms with Gasteiger partial charge in [0.2, 0.25) is 0 Å². The predicted molar refractivity (Wildman–Crippen MR) is 51.4 cm³/mol. The second-order valence-corrected chi connectivity index (χ2v) is 3.41. The van der Waals surface area contributed by atoms with E-state index in [-0.39, 0.29) is 0 Å². The van der Waals surface area contributed by atoms with Crippen LogP contribution in [0.15, 0.2) is 0 Å². The van der Waals surface area contributed by atoms with Gasteiger partial charge in [0, 0.05) is 11.6 Å². The Bertz CT molecular complexity index is 227. The van der Waals surface area contributed by atoms with Gasteiger partial charge >= 0.3 is 0 Å². The minimum atomic E-state index is 0.510. The van der Waals surface area contributed by atoms with Crippen molar-refractivity contribution in [2.75, 3.05) is 0 Å². The molecule has 0 spiro atoms. The molecule has 1 heterocycles. The van der Waals surface area contributed by atoms with Crippen molar-refractivity contribution in [3.05, 3.63) is 17.2 Å². The lowest BCUT2D eigenvalue weighted by Crippen LogP contribution is -1.89. The van der Waals surface area contributed by atoms with E-state index in [1.165, 1.54) is 11.4 Å². The summed E-state index contributed by atoms with van der Waals surface area (Å²) in [7, 11) is 0. The van der Waals surface area contributed by atoms with Crippen LogP contribution in [0.1, 0.15) is 50.8 Å². The topological polar surface area (TPSA) is 28.7 Å². The first kappa shape index (κ1) is 9.30. The van der Waals surface area contributed by atoms with E-state index in [1.54, 1.807) is 0 Å². The average molecular weight is 166 g/mol. The van der Waals surface area contributed by atoms with Crippen LogP contribution in [0.5, 0.6) is 0 Å². The highest BCUT2D eigenvalue weighted by Crippen LogP contribution is 2.14. The molecule has 1 rings (SSSR count). The summed E-state index contributed by atoms with van der Waals surface area (Å²) in [5.74, 6) is 1.64. The fraction of sp³-hybridized carbons (Fsp3) is 0.700. The largest absolute Gasteiger partial charge is 0.345 e. The molecule has 0 radical (unpaired) electrons. The lowest BCUT2D eigenvalue weighted by molar-refractivity contribution is 0.786. The van der Waals surface area contributed by atoms with E-state index in [9.17, 15) is 0 Å². The summed E-state index contributed by atoms with van der Waals surface area (Å²) in [6.07, 6.45) is 2.09. The zero-order valence-electron chi connectivity index (χ0n) is 8.44. The number of nitrogens with zero attached hydrogens (tertiary/aromatic N) is 1. The number of aryl methyl sites for hydroxylation is 2. The van der Waals surface area contributed by atoms with E-state index in [4.69, 9.17) is 0 Å². The summed E-state index contributed by atoms with van der Waals surface area (Å²) in [5.41, 5.74) is 2.54. The van der Waals surface area contributed by atoms with Crippen LogP contribution in [0.4, 0.5) is 0 Å². The molecule has 0 aliphatic heterocycles. The molecule has 0 saturated heterocycles. The quantitative estimate of drug-likeness (QED) is 0.734. The molecule has 12 heavy (non-hydrogen) atoms. The second kappa shape index (κ2) is 3.74. The number of imidazole rings is 1. The maximum absolute atomic E-state index is 4.54. The molecule has 0 aliphatic carbocycles. The van der Waals surface area contributed by atoms with Crippen molar-refractivity contribution in [1.82, 2.24) is 9.97 Å². The van der Waals surface area contributed by atoms with Gasteiger partial charge in [-0.3, -0.25) is 0 Å². The van der Waals surface area contributed by atoms with Gasteiger partial charge in [0.05, 0.1) is 5.69 Å². The standard InChI is InChI=1S/C10H18N2/c1-5-8-9(6-2)12-10(11-8)7(3)4/h7H,5-6H2,1-4H3,(H,11,12). The zero-order valence-corrected chi connectivity index (χ0v) is 8.44. The molecule has 0 unspecified atom stereocenters. The van der Waals surface area contributed by atoms with Crippen LogP contribution in [-0.2, 0) is 12.8 Å². The predicted octanol–water partition coefficient (Wildman–Crippen LogP) is 2.66. The van der Waals surface area contributed by atoms with Crippen molar-refractivity contribution >= 4 is 0 Å². The zero-order chi connectivity index (χ0) is 9.14. The second-order valence-electron chi connectivity index (χ2n) is 3.41. The summed E-state index contributed by atoms with van der Waals surface area (Å²) >= 11 is 0. The summed E-state index contributed by atoms with van der Waals surface area (Å²) in [6, 6.07) is 0. The lowest BCUT2D eigenvalue weighted by atomic mass is 10.2. The van der Waals surface area contributed by atoms with Crippen LogP contribution in [0.3, 0.4) is 0 Å². The fourth-order valence-electron chi connectivity index (χ4n) is 1.33. The Morgan fingerprint density at radius 2 is 1.92 bits per heavy atom. The molecular formula is C10H18N2.